The van der Waals surface area contributed by atoms with Gasteiger partial charge in [0.15, 0.2) is 0 Å². The molecule has 45 heavy (non-hydrogen) atoms. The molecule has 11 heteroatoms. The smallest absolute Gasteiger partial charge is 0.303 e. The molecular weight excluding hydrogens is 592 g/mol. The number of sulfonamides is 1. The fourth-order valence-corrected chi connectivity index (χ4v) is 10.7. The zero-order chi connectivity index (χ0) is 31.8. The first kappa shape index (κ1) is 31.3. The fourth-order valence-electron chi connectivity index (χ4n) is 8.35. The van der Waals surface area contributed by atoms with Gasteiger partial charge < -0.3 is 20.3 Å². The average Bonchev–Trinajstić information content (AvgIpc) is 3.39. The lowest BCUT2D eigenvalue weighted by atomic mass is 9.56. The van der Waals surface area contributed by atoms with E-state index in [0.29, 0.717) is 11.8 Å². The maximum absolute atomic E-state index is 14.3. The van der Waals surface area contributed by atoms with E-state index >= 15 is 0 Å². The molecule has 4 saturated carbocycles. The standard InChI is InChI=1S/C34H42N4O6S/c1-34(21-38-14-13-25-9-5-6-10-29(25)38,37-45(43,44)32-26-16-22-15-23(18-26)19-27(32)17-22)33(42)35-20-28(24-7-3-2-4-8-24)36-30(39)11-12-31(40)41/h2-10,13-14,22-23,26-28,32,37H,11-12,15-21H2,1H3,(H,35,42)(H,36,39)(H,40,41)/t22?,23?,26?,27?,28-,32?,34+/m0/s1. The van der Waals surface area contributed by atoms with Gasteiger partial charge in [-0.05, 0) is 85.8 Å². The summed E-state index contributed by atoms with van der Waals surface area (Å²) >= 11 is 0. The zero-order valence-electron chi connectivity index (χ0n) is 25.5. The summed E-state index contributed by atoms with van der Waals surface area (Å²) in [6, 6.07) is 18.1. The van der Waals surface area contributed by atoms with E-state index in [1.807, 2.05) is 71.4 Å². The van der Waals surface area contributed by atoms with Gasteiger partial charge in [-0.2, -0.15) is 4.72 Å². The van der Waals surface area contributed by atoms with Crippen molar-refractivity contribution < 1.29 is 27.9 Å². The highest BCUT2D eigenvalue weighted by Crippen LogP contribution is 2.55. The number of amides is 2. The molecule has 0 spiro atoms. The van der Waals surface area contributed by atoms with Gasteiger partial charge in [0.25, 0.3) is 0 Å². The van der Waals surface area contributed by atoms with Crippen molar-refractivity contribution in [2.24, 2.45) is 23.7 Å². The number of carbonyl (C=O) groups is 3. The second kappa shape index (κ2) is 12.6. The summed E-state index contributed by atoms with van der Waals surface area (Å²) in [5.74, 6) is -0.586. The van der Waals surface area contributed by atoms with Crippen LogP contribution in [-0.2, 0) is 31.0 Å². The summed E-state index contributed by atoms with van der Waals surface area (Å²) in [7, 11) is -3.88. The van der Waals surface area contributed by atoms with Gasteiger partial charge >= 0.3 is 5.97 Å². The van der Waals surface area contributed by atoms with Crippen molar-refractivity contribution in [2.75, 3.05) is 6.54 Å². The summed E-state index contributed by atoms with van der Waals surface area (Å²) in [6.07, 6.45) is 6.31. The van der Waals surface area contributed by atoms with Gasteiger partial charge in [-0.25, -0.2) is 8.42 Å². The molecule has 0 aliphatic heterocycles. The van der Waals surface area contributed by atoms with Crippen LogP contribution < -0.4 is 15.4 Å². The normalized spacial score (nSPS) is 25.8. The lowest BCUT2D eigenvalue weighted by molar-refractivity contribution is -0.138. The number of aromatic nitrogens is 1. The molecule has 2 atom stereocenters. The van der Waals surface area contributed by atoms with Crippen LogP contribution in [0.15, 0.2) is 66.9 Å². The van der Waals surface area contributed by atoms with Crippen molar-refractivity contribution >= 4 is 38.7 Å². The van der Waals surface area contributed by atoms with Gasteiger partial charge in [0, 0.05) is 24.7 Å². The predicted molar refractivity (Wildman–Crippen MR) is 170 cm³/mol. The van der Waals surface area contributed by atoms with Crippen LogP contribution in [0.2, 0.25) is 0 Å². The van der Waals surface area contributed by atoms with Crippen molar-refractivity contribution in [1.29, 1.82) is 0 Å². The number of para-hydroxylation sites is 1. The molecule has 0 saturated heterocycles. The van der Waals surface area contributed by atoms with Crippen LogP contribution in [0, 0.1) is 23.7 Å². The fraction of sp³-hybridized carbons (Fsp3) is 0.500. The number of carbonyl (C=O) groups excluding carboxylic acids is 2. The number of hydrogen-bond acceptors (Lipinski definition) is 5. The number of carboxylic acid groups (broad SMARTS) is 1. The molecule has 4 N–H and O–H groups in total. The maximum atomic E-state index is 14.3. The van der Waals surface area contributed by atoms with Gasteiger partial charge in [0.2, 0.25) is 21.8 Å². The Kier molecular flexibility index (Phi) is 8.76. The van der Waals surface area contributed by atoms with Crippen molar-refractivity contribution in [3.05, 3.63) is 72.4 Å². The van der Waals surface area contributed by atoms with Crippen LogP contribution in [0.4, 0.5) is 0 Å². The van der Waals surface area contributed by atoms with E-state index in [9.17, 15) is 22.8 Å². The zero-order valence-corrected chi connectivity index (χ0v) is 26.3. The molecule has 4 aliphatic carbocycles. The Bertz CT molecular complexity index is 1640. The van der Waals surface area contributed by atoms with Crippen LogP contribution in [0.25, 0.3) is 10.9 Å². The summed E-state index contributed by atoms with van der Waals surface area (Å²) in [5, 5.41) is 15.3. The van der Waals surface area contributed by atoms with Crippen molar-refractivity contribution in [1.82, 2.24) is 19.9 Å². The van der Waals surface area contributed by atoms with E-state index < -0.39 is 44.6 Å². The summed E-state index contributed by atoms with van der Waals surface area (Å²) in [6.45, 7) is 1.69. The second-order valence-corrected chi connectivity index (χ2v) is 15.3. The minimum atomic E-state index is -3.88. The number of nitrogens with one attached hydrogen (secondary N) is 3. The Morgan fingerprint density at radius 1 is 0.911 bits per heavy atom. The highest BCUT2D eigenvalue weighted by molar-refractivity contribution is 7.90. The molecule has 0 radical (unpaired) electrons. The van der Waals surface area contributed by atoms with Gasteiger partial charge in [-0.15, -0.1) is 0 Å². The Hall–Kier alpha value is -3.70. The van der Waals surface area contributed by atoms with E-state index in [2.05, 4.69) is 15.4 Å². The first-order valence-electron chi connectivity index (χ1n) is 15.9. The molecule has 4 fully saturated rings. The third kappa shape index (κ3) is 6.79. The Morgan fingerprint density at radius 3 is 2.22 bits per heavy atom. The number of benzene rings is 2. The van der Waals surface area contributed by atoms with Gasteiger partial charge in [-0.3, -0.25) is 14.4 Å². The Balaban J connectivity index is 1.25. The van der Waals surface area contributed by atoms with Crippen LogP contribution in [0.3, 0.4) is 0 Å². The highest BCUT2D eigenvalue weighted by atomic mass is 32.2. The molecule has 4 bridgehead atoms. The largest absolute Gasteiger partial charge is 0.481 e. The van der Waals surface area contributed by atoms with Crippen LogP contribution in [0.5, 0.6) is 0 Å². The van der Waals surface area contributed by atoms with E-state index in [-0.39, 0.29) is 37.8 Å². The van der Waals surface area contributed by atoms with Crippen molar-refractivity contribution in [3.8, 4) is 0 Å². The summed E-state index contributed by atoms with van der Waals surface area (Å²) in [5.41, 5.74) is 0.0797. The topological polar surface area (TPSA) is 147 Å². The summed E-state index contributed by atoms with van der Waals surface area (Å²) in [4.78, 5) is 37.8. The molecule has 2 amide bonds. The van der Waals surface area contributed by atoms with Crippen LogP contribution >= 0.6 is 0 Å². The number of nitrogens with zero attached hydrogens (tertiary/aromatic N) is 1. The molecule has 2 aromatic carbocycles. The van der Waals surface area contributed by atoms with E-state index in [1.165, 1.54) is 6.42 Å². The number of rotatable bonds is 13. The lowest BCUT2D eigenvalue weighted by Crippen LogP contribution is -2.63. The highest BCUT2D eigenvalue weighted by Gasteiger charge is 2.54. The second-order valence-electron chi connectivity index (χ2n) is 13.5. The van der Waals surface area contributed by atoms with Gasteiger partial charge in [-0.1, -0.05) is 48.5 Å². The third-order valence-electron chi connectivity index (χ3n) is 10.1. The lowest BCUT2D eigenvalue weighted by Gasteiger charge is -2.54. The molecule has 3 aromatic rings. The molecule has 1 heterocycles. The molecule has 1 aromatic heterocycles. The minimum Gasteiger partial charge on any atom is -0.481 e. The van der Waals surface area contributed by atoms with Crippen LogP contribution in [0.1, 0.15) is 63.5 Å². The van der Waals surface area contributed by atoms with Crippen molar-refractivity contribution in [3.63, 3.8) is 0 Å². The quantitative estimate of drug-likeness (QED) is 0.224. The van der Waals surface area contributed by atoms with Gasteiger partial charge in [0.05, 0.1) is 24.3 Å². The minimum absolute atomic E-state index is 0.0105. The van der Waals surface area contributed by atoms with Gasteiger partial charge in [0.1, 0.15) is 5.54 Å². The molecular formula is C34H42N4O6S. The van der Waals surface area contributed by atoms with E-state index in [4.69, 9.17) is 5.11 Å². The molecule has 0 unspecified atom stereocenters. The van der Waals surface area contributed by atoms with Crippen LogP contribution in [-0.4, -0.2) is 53.2 Å². The number of fused-ring (bicyclic) bond motifs is 1. The predicted octanol–water partition coefficient (Wildman–Crippen LogP) is 3.98. The maximum Gasteiger partial charge on any atom is 0.303 e. The number of carboxylic acids is 1. The third-order valence-corrected chi connectivity index (χ3v) is 12.3. The number of hydrogen-bond donors (Lipinski definition) is 4. The Labute approximate surface area is 264 Å². The average molecular weight is 635 g/mol. The molecule has 4 aliphatic rings. The number of aliphatic carboxylic acids is 1. The Morgan fingerprint density at radius 2 is 1.56 bits per heavy atom. The SMILES string of the molecule is C[C@](Cn1ccc2ccccc21)(NS(=O)(=O)C1C2CC3CC(C2)CC1C3)C(=O)NC[C@H](NC(=O)CCC(=O)O)c1ccccc1. The van der Waals surface area contributed by atoms with Crippen molar-refractivity contribution in [2.45, 2.75) is 75.2 Å². The van der Waals surface area contributed by atoms with E-state index in [0.717, 1.165) is 42.1 Å². The molecule has 7 rings (SSSR count). The molecule has 10 nitrogen and oxygen atoms in total. The summed E-state index contributed by atoms with van der Waals surface area (Å²) < 4.78 is 33.3. The monoisotopic (exact) mass is 634 g/mol. The molecule has 240 valence electrons. The first-order valence-corrected chi connectivity index (χ1v) is 17.5. The first-order chi connectivity index (χ1) is 21.5. The van der Waals surface area contributed by atoms with E-state index in [1.54, 1.807) is 6.92 Å².